The zero-order valence-corrected chi connectivity index (χ0v) is 5.88. The molecule has 51 valence electrons. The highest BCUT2D eigenvalue weighted by Crippen LogP contribution is 2.19. The van der Waals surface area contributed by atoms with Crippen LogP contribution in [-0.4, -0.2) is 4.98 Å². The first kappa shape index (κ1) is 5.90. The van der Waals surface area contributed by atoms with Crippen LogP contribution in [0.2, 0.25) is 0 Å². The molecule has 0 fully saturated rings. The van der Waals surface area contributed by atoms with E-state index >= 15 is 0 Å². The number of aromatic nitrogens is 1. The van der Waals surface area contributed by atoms with Crippen LogP contribution in [0.4, 0.5) is 0 Å². The maximum Gasteiger partial charge on any atom is 0.0473 e. The standard InChI is InChI=1S/C9H10N/c1-2-6-9-8(4-1)5-3-7-10-9/h3,5-7H,1-2,4H2. The molecule has 0 amide bonds. The Morgan fingerprint density at radius 1 is 1.40 bits per heavy atom. The summed E-state index contributed by atoms with van der Waals surface area (Å²) >= 11 is 0. The van der Waals surface area contributed by atoms with Crippen LogP contribution >= 0.6 is 0 Å². The third kappa shape index (κ3) is 0.919. The van der Waals surface area contributed by atoms with Crippen LogP contribution in [0.15, 0.2) is 18.3 Å². The van der Waals surface area contributed by atoms with Crippen molar-refractivity contribution in [2.45, 2.75) is 19.3 Å². The van der Waals surface area contributed by atoms with Crippen LogP contribution < -0.4 is 0 Å². The molecule has 10 heavy (non-hydrogen) atoms. The molecule has 1 aromatic rings. The van der Waals surface area contributed by atoms with E-state index in [1.807, 2.05) is 12.3 Å². The minimum absolute atomic E-state index is 1.20. The van der Waals surface area contributed by atoms with Gasteiger partial charge in [-0.2, -0.15) is 0 Å². The SMILES string of the molecule is [CH]1CCCc2cccnc21. The highest BCUT2D eigenvalue weighted by molar-refractivity contribution is 5.28. The van der Waals surface area contributed by atoms with Gasteiger partial charge in [0.1, 0.15) is 0 Å². The lowest BCUT2D eigenvalue weighted by Gasteiger charge is -2.12. The average Bonchev–Trinajstić information content (AvgIpc) is 2.05. The highest BCUT2D eigenvalue weighted by Gasteiger charge is 2.07. The summed E-state index contributed by atoms with van der Waals surface area (Å²) in [6.07, 6.45) is 7.78. The molecular formula is C9H10N. The van der Waals surface area contributed by atoms with Gasteiger partial charge in [0.15, 0.2) is 0 Å². The predicted molar refractivity (Wildman–Crippen MR) is 40.6 cm³/mol. The zero-order valence-electron chi connectivity index (χ0n) is 5.88. The van der Waals surface area contributed by atoms with Gasteiger partial charge < -0.3 is 0 Å². The number of aryl methyl sites for hydroxylation is 1. The van der Waals surface area contributed by atoms with Crippen molar-refractivity contribution in [3.63, 3.8) is 0 Å². The average molecular weight is 132 g/mol. The first-order chi connectivity index (χ1) is 4.97. The Labute approximate surface area is 61.1 Å². The second kappa shape index (κ2) is 2.41. The molecule has 0 N–H and O–H groups in total. The monoisotopic (exact) mass is 132 g/mol. The van der Waals surface area contributed by atoms with Crippen molar-refractivity contribution in [2.24, 2.45) is 0 Å². The van der Waals surface area contributed by atoms with Crippen LogP contribution in [-0.2, 0) is 6.42 Å². The third-order valence-corrected chi connectivity index (χ3v) is 1.91. The summed E-state index contributed by atoms with van der Waals surface area (Å²) in [6, 6.07) is 4.18. The summed E-state index contributed by atoms with van der Waals surface area (Å²) in [5.41, 5.74) is 2.61. The number of hydrogen-bond donors (Lipinski definition) is 0. The molecular weight excluding hydrogens is 122 g/mol. The van der Waals surface area contributed by atoms with Crippen molar-refractivity contribution in [1.82, 2.24) is 4.98 Å². The second-order valence-corrected chi connectivity index (χ2v) is 2.64. The van der Waals surface area contributed by atoms with E-state index in [-0.39, 0.29) is 0 Å². The minimum Gasteiger partial charge on any atom is -0.261 e. The topological polar surface area (TPSA) is 12.9 Å². The molecule has 1 radical (unpaired) electrons. The van der Waals surface area contributed by atoms with E-state index in [1.165, 1.54) is 30.5 Å². The Morgan fingerprint density at radius 2 is 2.40 bits per heavy atom. The van der Waals surface area contributed by atoms with Crippen molar-refractivity contribution in [2.75, 3.05) is 0 Å². The van der Waals surface area contributed by atoms with Crippen molar-refractivity contribution >= 4 is 0 Å². The zero-order chi connectivity index (χ0) is 6.81. The first-order valence-electron chi connectivity index (χ1n) is 3.74. The minimum atomic E-state index is 1.20. The molecule has 0 unspecified atom stereocenters. The van der Waals surface area contributed by atoms with E-state index in [2.05, 4.69) is 17.5 Å². The molecule has 0 aliphatic heterocycles. The van der Waals surface area contributed by atoms with Crippen LogP contribution in [0, 0.1) is 6.42 Å². The van der Waals surface area contributed by atoms with Gasteiger partial charge in [-0.3, -0.25) is 4.98 Å². The van der Waals surface area contributed by atoms with Crippen LogP contribution in [0.1, 0.15) is 24.1 Å². The summed E-state index contributed by atoms with van der Waals surface area (Å²) in [7, 11) is 0. The molecule has 0 spiro atoms. The Bertz CT molecular complexity index is 205. The fourth-order valence-corrected chi connectivity index (χ4v) is 1.38. The fraction of sp³-hybridized carbons (Fsp3) is 0.333. The first-order valence-corrected chi connectivity index (χ1v) is 3.74. The van der Waals surface area contributed by atoms with Gasteiger partial charge in [-0.05, 0) is 30.9 Å². The number of rotatable bonds is 0. The lowest BCUT2D eigenvalue weighted by Crippen LogP contribution is -2.01. The van der Waals surface area contributed by atoms with Crippen molar-refractivity contribution in [3.05, 3.63) is 36.0 Å². The van der Waals surface area contributed by atoms with Gasteiger partial charge in [0.05, 0.1) is 0 Å². The lowest BCUT2D eigenvalue weighted by atomic mass is 9.96. The van der Waals surface area contributed by atoms with Crippen LogP contribution in [0.3, 0.4) is 0 Å². The maximum atomic E-state index is 4.26. The normalized spacial score (nSPS) is 16.4. The highest BCUT2D eigenvalue weighted by atomic mass is 14.7. The third-order valence-electron chi connectivity index (χ3n) is 1.91. The van der Waals surface area contributed by atoms with Gasteiger partial charge in [-0.1, -0.05) is 6.07 Å². The summed E-state index contributed by atoms with van der Waals surface area (Å²) < 4.78 is 0. The number of hydrogen-bond acceptors (Lipinski definition) is 1. The molecule has 1 heterocycles. The van der Waals surface area contributed by atoms with Crippen molar-refractivity contribution in [1.29, 1.82) is 0 Å². The molecule has 1 aliphatic carbocycles. The van der Waals surface area contributed by atoms with E-state index < -0.39 is 0 Å². The van der Waals surface area contributed by atoms with E-state index in [0.717, 1.165) is 0 Å². The van der Waals surface area contributed by atoms with Gasteiger partial charge in [0, 0.05) is 18.3 Å². The number of pyridine rings is 1. The van der Waals surface area contributed by atoms with E-state index in [4.69, 9.17) is 0 Å². The second-order valence-electron chi connectivity index (χ2n) is 2.64. The van der Waals surface area contributed by atoms with Crippen LogP contribution in [0.25, 0.3) is 0 Å². The van der Waals surface area contributed by atoms with Crippen LogP contribution in [0.5, 0.6) is 0 Å². The summed E-state index contributed by atoms with van der Waals surface area (Å²) in [4.78, 5) is 4.26. The molecule has 1 aliphatic rings. The molecule has 0 atom stereocenters. The molecule has 0 saturated heterocycles. The fourth-order valence-electron chi connectivity index (χ4n) is 1.38. The smallest absolute Gasteiger partial charge is 0.0473 e. The van der Waals surface area contributed by atoms with Gasteiger partial charge in [-0.25, -0.2) is 0 Å². The van der Waals surface area contributed by atoms with E-state index in [1.54, 1.807) is 0 Å². The molecule has 0 bridgehead atoms. The van der Waals surface area contributed by atoms with Gasteiger partial charge in [0.2, 0.25) is 0 Å². The predicted octanol–water partition coefficient (Wildman–Crippen LogP) is 1.97. The summed E-state index contributed by atoms with van der Waals surface area (Å²) in [5.74, 6) is 0. The Kier molecular flexibility index (Phi) is 1.42. The molecule has 1 heteroatoms. The van der Waals surface area contributed by atoms with E-state index in [9.17, 15) is 0 Å². The molecule has 0 aromatic carbocycles. The number of nitrogens with zero attached hydrogens (tertiary/aromatic N) is 1. The van der Waals surface area contributed by atoms with Gasteiger partial charge in [-0.15, -0.1) is 0 Å². The van der Waals surface area contributed by atoms with Gasteiger partial charge in [0.25, 0.3) is 0 Å². The Balaban J connectivity index is 2.41. The molecule has 0 saturated carbocycles. The molecule has 1 aromatic heterocycles. The summed E-state index contributed by atoms with van der Waals surface area (Å²) in [6.45, 7) is 0. The maximum absolute atomic E-state index is 4.26. The van der Waals surface area contributed by atoms with E-state index in [0.29, 0.717) is 0 Å². The van der Waals surface area contributed by atoms with Gasteiger partial charge >= 0.3 is 0 Å². The molecule has 1 nitrogen and oxygen atoms in total. The Hall–Kier alpha value is -0.850. The molecule has 2 rings (SSSR count). The summed E-state index contributed by atoms with van der Waals surface area (Å²) in [5, 5.41) is 0. The Morgan fingerprint density at radius 3 is 3.30 bits per heavy atom. The van der Waals surface area contributed by atoms with Crippen molar-refractivity contribution < 1.29 is 0 Å². The largest absolute Gasteiger partial charge is 0.261 e. The quantitative estimate of drug-likeness (QED) is 0.526. The van der Waals surface area contributed by atoms with Crippen molar-refractivity contribution in [3.8, 4) is 0 Å². The lowest BCUT2D eigenvalue weighted by molar-refractivity contribution is 0.759. The number of fused-ring (bicyclic) bond motifs is 1.